The molecule has 1 heterocycles. The number of nitrogens with zero attached hydrogens (tertiary/aromatic N) is 2. The second-order valence-electron chi connectivity index (χ2n) is 2.04. The molecule has 1 aromatic heterocycles. The highest BCUT2D eigenvalue weighted by Crippen LogP contribution is 1.94. The molecule has 0 radical (unpaired) electrons. The monoisotopic (exact) mass is 149 g/mol. The van der Waals surface area contributed by atoms with Crippen molar-refractivity contribution in [3.8, 4) is 11.8 Å². The van der Waals surface area contributed by atoms with Crippen molar-refractivity contribution in [1.82, 2.24) is 9.78 Å². The quantitative estimate of drug-likeness (QED) is 0.580. The summed E-state index contributed by atoms with van der Waals surface area (Å²) in [5, 5.41) is 4.06. The van der Waals surface area contributed by atoms with Gasteiger partial charge in [0.05, 0.1) is 12.7 Å². The van der Waals surface area contributed by atoms with Gasteiger partial charge in [0.15, 0.2) is 0 Å². The van der Waals surface area contributed by atoms with Gasteiger partial charge in [0.2, 0.25) is 0 Å². The predicted octanol–water partition coefficient (Wildman–Crippen LogP) is 0.213. The smallest absolute Gasteiger partial charge is 0.111 e. The normalized spacial score (nSPS) is 8.91. The molecule has 0 aliphatic heterocycles. The van der Waals surface area contributed by atoms with Crippen molar-refractivity contribution >= 4 is 0 Å². The molecule has 1 aromatic rings. The molecule has 0 aliphatic carbocycles. The van der Waals surface area contributed by atoms with Crippen LogP contribution in [0.4, 0.5) is 0 Å². The summed E-state index contributed by atoms with van der Waals surface area (Å²) in [5.41, 5.74) is 6.16. The second-order valence-corrected chi connectivity index (χ2v) is 2.04. The number of rotatable bonds is 1. The lowest BCUT2D eigenvalue weighted by molar-refractivity contribution is 0.652. The first-order valence-electron chi connectivity index (χ1n) is 3.59. The molecule has 0 fully saturated rings. The Hall–Kier alpha value is -1.27. The van der Waals surface area contributed by atoms with Crippen LogP contribution in [-0.2, 0) is 6.54 Å². The topological polar surface area (TPSA) is 43.8 Å². The van der Waals surface area contributed by atoms with Gasteiger partial charge in [0.25, 0.3) is 0 Å². The SMILES string of the molecule is CCn1nccc1C#CCN. The van der Waals surface area contributed by atoms with E-state index in [9.17, 15) is 0 Å². The third-order valence-corrected chi connectivity index (χ3v) is 1.33. The molecule has 3 heteroatoms. The molecule has 0 saturated carbocycles. The first-order chi connectivity index (χ1) is 5.38. The molecule has 0 atom stereocenters. The van der Waals surface area contributed by atoms with Crippen LogP contribution in [0.25, 0.3) is 0 Å². The van der Waals surface area contributed by atoms with Gasteiger partial charge < -0.3 is 5.73 Å². The molecule has 0 aliphatic rings. The van der Waals surface area contributed by atoms with Crippen LogP contribution in [-0.4, -0.2) is 16.3 Å². The number of nitrogens with two attached hydrogens (primary N) is 1. The molecule has 1 rings (SSSR count). The molecule has 0 unspecified atom stereocenters. The molecule has 0 saturated heterocycles. The number of hydrogen-bond donors (Lipinski definition) is 1. The van der Waals surface area contributed by atoms with E-state index in [-0.39, 0.29) is 0 Å². The summed E-state index contributed by atoms with van der Waals surface area (Å²) in [6.45, 7) is 3.27. The predicted molar refractivity (Wildman–Crippen MR) is 43.8 cm³/mol. The molecule has 58 valence electrons. The van der Waals surface area contributed by atoms with E-state index in [4.69, 9.17) is 5.73 Å². The Kier molecular flexibility index (Phi) is 2.70. The lowest BCUT2D eigenvalue weighted by Crippen LogP contribution is -2.00. The fourth-order valence-corrected chi connectivity index (χ4v) is 0.832. The average molecular weight is 149 g/mol. The molecule has 0 aromatic carbocycles. The van der Waals surface area contributed by atoms with Crippen molar-refractivity contribution in [2.75, 3.05) is 6.54 Å². The van der Waals surface area contributed by atoms with Gasteiger partial charge in [-0.25, -0.2) is 0 Å². The molecular weight excluding hydrogens is 138 g/mol. The van der Waals surface area contributed by atoms with Gasteiger partial charge in [-0.2, -0.15) is 5.10 Å². The van der Waals surface area contributed by atoms with Crippen LogP contribution in [0.15, 0.2) is 12.3 Å². The highest BCUT2D eigenvalue weighted by molar-refractivity contribution is 5.26. The molecule has 0 spiro atoms. The fourth-order valence-electron chi connectivity index (χ4n) is 0.832. The minimum absolute atomic E-state index is 0.398. The van der Waals surface area contributed by atoms with Crippen LogP contribution in [0.3, 0.4) is 0 Å². The Labute approximate surface area is 66.2 Å². The molecule has 11 heavy (non-hydrogen) atoms. The van der Waals surface area contributed by atoms with Gasteiger partial charge in [-0.05, 0) is 18.9 Å². The first kappa shape index (κ1) is 7.83. The minimum atomic E-state index is 0.398. The van der Waals surface area contributed by atoms with Crippen LogP contribution in [0.1, 0.15) is 12.6 Å². The van der Waals surface area contributed by atoms with Crippen molar-refractivity contribution in [3.63, 3.8) is 0 Å². The minimum Gasteiger partial charge on any atom is -0.320 e. The lowest BCUT2D eigenvalue weighted by atomic mass is 10.4. The average Bonchev–Trinajstić information content (AvgIpc) is 2.47. The highest BCUT2D eigenvalue weighted by Gasteiger charge is 1.93. The van der Waals surface area contributed by atoms with Crippen molar-refractivity contribution in [2.24, 2.45) is 5.73 Å². The molecule has 0 bridgehead atoms. The van der Waals surface area contributed by atoms with Crippen LogP contribution in [0.5, 0.6) is 0 Å². The molecule has 0 amide bonds. The van der Waals surface area contributed by atoms with Crippen LogP contribution in [0.2, 0.25) is 0 Å². The Morgan fingerprint density at radius 2 is 2.55 bits per heavy atom. The highest BCUT2D eigenvalue weighted by atomic mass is 15.3. The molecule has 3 nitrogen and oxygen atoms in total. The van der Waals surface area contributed by atoms with Gasteiger partial charge in [0, 0.05) is 6.54 Å². The summed E-state index contributed by atoms with van der Waals surface area (Å²) in [6, 6.07) is 1.88. The summed E-state index contributed by atoms with van der Waals surface area (Å²) in [4.78, 5) is 0. The fraction of sp³-hybridized carbons (Fsp3) is 0.375. The van der Waals surface area contributed by atoms with Crippen molar-refractivity contribution in [1.29, 1.82) is 0 Å². The maximum Gasteiger partial charge on any atom is 0.111 e. The first-order valence-corrected chi connectivity index (χ1v) is 3.59. The summed E-state index contributed by atoms with van der Waals surface area (Å²) in [7, 11) is 0. The third kappa shape index (κ3) is 1.82. The number of hydrogen-bond acceptors (Lipinski definition) is 2. The number of aromatic nitrogens is 2. The van der Waals surface area contributed by atoms with E-state index >= 15 is 0 Å². The van der Waals surface area contributed by atoms with Crippen molar-refractivity contribution in [2.45, 2.75) is 13.5 Å². The van der Waals surface area contributed by atoms with Crippen molar-refractivity contribution in [3.05, 3.63) is 18.0 Å². The van der Waals surface area contributed by atoms with Gasteiger partial charge in [-0.15, -0.1) is 0 Å². The van der Waals surface area contributed by atoms with E-state index in [0.717, 1.165) is 12.2 Å². The van der Waals surface area contributed by atoms with E-state index in [1.54, 1.807) is 6.20 Å². The van der Waals surface area contributed by atoms with Gasteiger partial charge in [0.1, 0.15) is 5.69 Å². The van der Waals surface area contributed by atoms with Gasteiger partial charge in [-0.1, -0.05) is 5.92 Å². The van der Waals surface area contributed by atoms with Crippen LogP contribution >= 0.6 is 0 Å². The summed E-state index contributed by atoms with van der Waals surface area (Å²) in [6.07, 6.45) is 1.74. The van der Waals surface area contributed by atoms with E-state index < -0.39 is 0 Å². The zero-order valence-electron chi connectivity index (χ0n) is 6.54. The van der Waals surface area contributed by atoms with Crippen molar-refractivity contribution < 1.29 is 0 Å². The van der Waals surface area contributed by atoms with E-state index in [1.165, 1.54) is 0 Å². The third-order valence-electron chi connectivity index (χ3n) is 1.33. The summed E-state index contributed by atoms with van der Waals surface area (Å²) >= 11 is 0. The number of aryl methyl sites for hydroxylation is 1. The van der Waals surface area contributed by atoms with Gasteiger partial charge >= 0.3 is 0 Å². The maximum absolute atomic E-state index is 5.23. The van der Waals surface area contributed by atoms with Crippen LogP contribution < -0.4 is 5.73 Å². The van der Waals surface area contributed by atoms with E-state index in [0.29, 0.717) is 6.54 Å². The Balaban J connectivity index is 2.84. The molecular formula is C8H11N3. The molecule has 2 N–H and O–H groups in total. The lowest BCUT2D eigenvalue weighted by Gasteiger charge is -1.94. The Morgan fingerprint density at radius 1 is 1.73 bits per heavy atom. The van der Waals surface area contributed by atoms with E-state index in [2.05, 4.69) is 16.9 Å². The Morgan fingerprint density at radius 3 is 3.18 bits per heavy atom. The standard InChI is InChI=1S/C8H11N3/c1-2-11-8(4-3-6-9)5-7-10-11/h5,7H,2,6,9H2,1H3. The summed E-state index contributed by atoms with van der Waals surface area (Å²) in [5.74, 6) is 5.71. The zero-order chi connectivity index (χ0) is 8.10. The second kappa shape index (κ2) is 3.79. The van der Waals surface area contributed by atoms with E-state index in [1.807, 2.05) is 17.7 Å². The van der Waals surface area contributed by atoms with Gasteiger partial charge in [-0.3, -0.25) is 4.68 Å². The Bertz CT molecular complexity index is 277. The van der Waals surface area contributed by atoms with Crippen LogP contribution in [0, 0.1) is 11.8 Å². The summed E-state index contributed by atoms with van der Waals surface area (Å²) < 4.78 is 1.84. The zero-order valence-corrected chi connectivity index (χ0v) is 6.54. The largest absolute Gasteiger partial charge is 0.320 e. The maximum atomic E-state index is 5.23.